The van der Waals surface area contributed by atoms with Gasteiger partial charge in [-0.05, 0) is 13.0 Å². The highest BCUT2D eigenvalue weighted by molar-refractivity contribution is 7.17. The number of piperazine rings is 1. The summed E-state index contributed by atoms with van der Waals surface area (Å²) in [5.74, 6) is 0.168. The third kappa shape index (κ3) is 2.61. The van der Waals surface area contributed by atoms with Gasteiger partial charge < -0.3 is 10.2 Å². The molecule has 1 amide bonds. The largest absolute Gasteiger partial charge is 0.333 e. The normalized spacial score (nSPS) is 19.2. The first-order chi connectivity index (χ1) is 8.77. The number of benzene rings is 1. The molecule has 0 aliphatic carbocycles. The molecule has 102 valence electrons. The van der Waals surface area contributed by atoms with E-state index in [9.17, 15) is 4.79 Å². The van der Waals surface area contributed by atoms with E-state index in [2.05, 4.69) is 18.3 Å². The average molecular weight is 297 g/mol. The first-order valence-corrected chi connectivity index (χ1v) is 7.13. The summed E-state index contributed by atoms with van der Waals surface area (Å²) in [5.41, 5.74) is 0.851. The number of hydrogen-bond donors (Lipinski definition) is 1. The second-order valence-electron chi connectivity index (χ2n) is 4.70. The lowest BCUT2D eigenvalue weighted by Gasteiger charge is -2.33. The molecule has 1 aliphatic heterocycles. The summed E-state index contributed by atoms with van der Waals surface area (Å²) in [7, 11) is 0. The lowest BCUT2D eigenvalue weighted by Crippen LogP contribution is -2.52. The topological polar surface area (TPSA) is 32.3 Å². The Morgan fingerprint density at radius 3 is 3.00 bits per heavy atom. The molecule has 5 heteroatoms. The second-order valence-corrected chi connectivity index (χ2v) is 5.61. The highest BCUT2D eigenvalue weighted by Gasteiger charge is 2.25. The van der Waals surface area contributed by atoms with Crippen LogP contribution in [0.3, 0.4) is 0 Å². The Kier molecular flexibility index (Phi) is 4.45. The lowest BCUT2D eigenvalue weighted by atomic mass is 10.1. The summed E-state index contributed by atoms with van der Waals surface area (Å²) in [4.78, 5) is 14.6. The maximum absolute atomic E-state index is 12.6. The zero-order chi connectivity index (χ0) is 12.5. The zero-order valence-electron chi connectivity index (χ0n) is 10.8. The molecule has 1 aliphatic rings. The third-order valence-electron chi connectivity index (χ3n) is 3.47. The predicted molar refractivity (Wildman–Crippen MR) is 82.4 cm³/mol. The van der Waals surface area contributed by atoms with Crippen molar-refractivity contribution in [3.8, 4) is 0 Å². The summed E-state index contributed by atoms with van der Waals surface area (Å²) in [6, 6.07) is 8.38. The molecule has 1 atom stereocenters. The minimum absolute atomic E-state index is 0. The van der Waals surface area contributed by atoms with Gasteiger partial charge in [0, 0.05) is 41.1 Å². The Morgan fingerprint density at radius 2 is 2.21 bits per heavy atom. The van der Waals surface area contributed by atoms with Crippen LogP contribution in [0.1, 0.15) is 17.3 Å². The summed E-state index contributed by atoms with van der Waals surface area (Å²) >= 11 is 1.64. The van der Waals surface area contributed by atoms with Gasteiger partial charge in [-0.1, -0.05) is 18.2 Å². The smallest absolute Gasteiger partial charge is 0.255 e. The van der Waals surface area contributed by atoms with Crippen molar-refractivity contribution in [2.45, 2.75) is 13.0 Å². The van der Waals surface area contributed by atoms with Gasteiger partial charge in [-0.3, -0.25) is 4.79 Å². The molecule has 0 radical (unpaired) electrons. The van der Waals surface area contributed by atoms with E-state index in [4.69, 9.17) is 0 Å². The molecule has 1 aromatic heterocycles. The fraction of sp³-hybridized carbons (Fsp3) is 0.357. The predicted octanol–water partition coefficient (Wildman–Crippen LogP) is 2.76. The molecule has 19 heavy (non-hydrogen) atoms. The van der Waals surface area contributed by atoms with Gasteiger partial charge >= 0.3 is 0 Å². The molecule has 1 aromatic carbocycles. The average Bonchev–Trinajstić information content (AvgIpc) is 2.82. The van der Waals surface area contributed by atoms with Gasteiger partial charge in [0.25, 0.3) is 5.91 Å². The van der Waals surface area contributed by atoms with Crippen molar-refractivity contribution in [2.75, 3.05) is 19.6 Å². The summed E-state index contributed by atoms with van der Waals surface area (Å²) in [6.07, 6.45) is 0. The quantitative estimate of drug-likeness (QED) is 0.877. The fourth-order valence-corrected chi connectivity index (χ4v) is 3.38. The number of amides is 1. The van der Waals surface area contributed by atoms with Crippen LogP contribution in [0.4, 0.5) is 0 Å². The second kappa shape index (κ2) is 5.90. The molecular formula is C14H17ClN2OS. The minimum atomic E-state index is 0. The molecule has 0 unspecified atom stereocenters. The zero-order valence-corrected chi connectivity index (χ0v) is 12.4. The van der Waals surface area contributed by atoms with E-state index >= 15 is 0 Å². The Labute approximate surface area is 123 Å². The number of carbonyl (C=O) groups is 1. The van der Waals surface area contributed by atoms with Crippen molar-refractivity contribution >= 4 is 39.7 Å². The van der Waals surface area contributed by atoms with Crippen LogP contribution < -0.4 is 5.32 Å². The van der Waals surface area contributed by atoms with Crippen molar-refractivity contribution in [2.24, 2.45) is 0 Å². The minimum Gasteiger partial charge on any atom is -0.333 e. The Balaban J connectivity index is 0.00000133. The number of nitrogens with one attached hydrogen (secondary N) is 1. The van der Waals surface area contributed by atoms with Crippen molar-refractivity contribution in [1.29, 1.82) is 0 Å². The number of carbonyl (C=O) groups excluding carboxylic acids is 1. The number of halogens is 1. The van der Waals surface area contributed by atoms with Crippen molar-refractivity contribution < 1.29 is 4.79 Å². The van der Waals surface area contributed by atoms with Crippen molar-refractivity contribution in [3.63, 3.8) is 0 Å². The van der Waals surface area contributed by atoms with Crippen LogP contribution in [0.15, 0.2) is 29.6 Å². The monoisotopic (exact) mass is 296 g/mol. The molecule has 1 saturated heterocycles. The van der Waals surface area contributed by atoms with Crippen LogP contribution in [0.2, 0.25) is 0 Å². The molecule has 1 N–H and O–H groups in total. The van der Waals surface area contributed by atoms with E-state index in [1.165, 1.54) is 4.70 Å². The highest BCUT2D eigenvalue weighted by atomic mass is 35.5. The summed E-state index contributed by atoms with van der Waals surface area (Å²) < 4.78 is 1.18. The molecule has 1 fully saturated rings. The number of rotatable bonds is 1. The maximum atomic E-state index is 12.6. The SMILES string of the molecule is C[C@H]1CNCCN1C(=O)c1csc2ccccc12.Cl. The van der Waals surface area contributed by atoms with Gasteiger partial charge in [-0.2, -0.15) is 0 Å². The van der Waals surface area contributed by atoms with E-state index in [-0.39, 0.29) is 24.4 Å². The Hall–Kier alpha value is -1.10. The molecule has 2 heterocycles. The maximum Gasteiger partial charge on any atom is 0.255 e. The molecule has 3 rings (SSSR count). The van der Waals surface area contributed by atoms with Gasteiger partial charge in [0.2, 0.25) is 0 Å². The number of fused-ring (bicyclic) bond motifs is 1. The van der Waals surface area contributed by atoms with E-state index < -0.39 is 0 Å². The van der Waals surface area contributed by atoms with Gasteiger partial charge in [0.15, 0.2) is 0 Å². The molecule has 0 bridgehead atoms. The van der Waals surface area contributed by atoms with Gasteiger partial charge in [0.1, 0.15) is 0 Å². The summed E-state index contributed by atoms with van der Waals surface area (Å²) in [5, 5.41) is 6.38. The van der Waals surface area contributed by atoms with Crippen LogP contribution >= 0.6 is 23.7 Å². The van der Waals surface area contributed by atoms with Crippen molar-refractivity contribution in [3.05, 3.63) is 35.2 Å². The van der Waals surface area contributed by atoms with Crippen LogP contribution in [-0.2, 0) is 0 Å². The number of hydrogen-bond acceptors (Lipinski definition) is 3. The van der Waals surface area contributed by atoms with Crippen LogP contribution in [0, 0.1) is 0 Å². The fourth-order valence-electron chi connectivity index (χ4n) is 2.44. The van der Waals surface area contributed by atoms with Crippen molar-refractivity contribution in [1.82, 2.24) is 10.2 Å². The lowest BCUT2D eigenvalue weighted by molar-refractivity contribution is 0.0658. The number of nitrogens with zero attached hydrogens (tertiary/aromatic N) is 1. The number of thiophene rings is 1. The van der Waals surface area contributed by atoms with E-state index in [0.717, 1.165) is 30.6 Å². The van der Waals surface area contributed by atoms with Crippen LogP contribution in [-0.4, -0.2) is 36.5 Å². The van der Waals surface area contributed by atoms with Gasteiger partial charge in [-0.15, -0.1) is 23.7 Å². The molecule has 0 spiro atoms. The molecule has 0 saturated carbocycles. The molecular weight excluding hydrogens is 280 g/mol. The van der Waals surface area contributed by atoms with Crippen LogP contribution in [0.5, 0.6) is 0 Å². The van der Waals surface area contributed by atoms with Gasteiger partial charge in [0.05, 0.1) is 5.56 Å². The van der Waals surface area contributed by atoms with Crippen LogP contribution in [0.25, 0.3) is 10.1 Å². The van der Waals surface area contributed by atoms with E-state index in [1.54, 1.807) is 11.3 Å². The Morgan fingerprint density at radius 1 is 1.42 bits per heavy atom. The molecule has 2 aromatic rings. The Bertz CT molecular complexity index is 584. The van der Waals surface area contributed by atoms with E-state index in [0.29, 0.717) is 0 Å². The standard InChI is InChI=1S/C14H16N2OS.ClH/c1-10-8-15-6-7-16(10)14(17)12-9-18-13-5-3-2-4-11(12)13;/h2-5,9-10,15H,6-8H2,1H3;1H/t10-;/m0./s1. The first kappa shape index (κ1) is 14.3. The third-order valence-corrected chi connectivity index (χ3v) is 4.44. The first-order valence-electron chi connectivity index (χ1n) is 6.25. The van der Waals surface area contributed by atoms with Gasteiger partial charge in [-0.25, -0.2) is 0 Å². The summed E-state index contributed by atoms with van der Waals surface area (Å²) in [6.45, 7) is 4.66. The highest BCUT2D eigenvalue weighted by Crippen LogP contribution is 2.27. The molecule has 3 nitrogen and oxygen atoms in total. The van der Waals surface area contributed by atoms with E-state index in [1.807, 2.05) is 28.5 Å².